The van der Waals surface area contributed by atoms with Gasteiger partial charge in [-0.25, -0.2) is 9.37 Å². The third-order valence-corrected chi connectivity index (χ3v) is 4.28. The fraction of sp³-hybridized carbons (Fsp3) is 0.211. The first-order valence-corrected chi connectivity index (χ1v) is 8.36. The Bertz CT molecular complexity index is 958. The topological polar surface area (TPSA) is 60.2 Å². The third-order valence-electron chi connectivity index (χ3n) is 4.28. The van der Waals surface area contributed by atoms with Gasteiger partial charge in [0.25, 0.3) is 5.56 Å². The lowest BCUT2D eigenvalue weighted by atomic mass is 10.2. The highest BCUT2D eigenvalue weighted by atomic mass is 19.1. The summed E-state index contributed by atoms with van der Waals surface area (Å²) < 4.78 is 20.2. The molecule has 0 N–H and O–H groups in total. The first kappa shape index (κ1) is 16.3. The van der Waals surface area contributed by atoms with Crippen LogP contribution < -0.4 is 15.2 Å². The highest BCUT2D eigenvalue weighted by Crippen LogP contribution is 2.21. The highest BCUT2D eigenvalue weighted by molar-refractivity contribution is 5.59. The van der Waals surface area contributed by atoms with Gasteiger partial charge in [-0.3, -0.25) is 14.3 Å². The molecular weight excluding hydrogens is 335 g/mol. The molecule has 0 amide bonds. The lowest BCUT2D eigenvalue weighted by molar-refractivity contribution is 0.324. The number of hydrogen-bond acceptors (Lipinski definition) is 5. The third kappa shape index (κ3) is 3.28. The van der Waals surface area contributed by atoms with E-state index in [9.17, 15) is 9.18 Å². The standard InChI is InChI=1S/C19H17FN4O2/c20-15-1-3-16(4-2-15)26-12-11-23-9-10-24-18(25)13-17(22-19(23)24)14-5-7-21-8-6-14/h1-8,13H,9-12H2. The molecule has 0 aliphatic carbocycles. The molecule has 6 nitrogen and oxygen atoms in total. The Kier molecular flexibility index (Phi) is 4.35. The molecule has 1 aromatic carbocycles. The number of nitrogens with zero attached hydrogens (tertiary/aromatic N) is 4. The summed E-state index contributed by atoms with van der Waals surface area (Å²) >= 11 is 0. The summed E-state index contributed by atoms with van der Waals surface area (Å²) in [6, 6.07) is 11.1. The van der Waals surface area contributed by atoms with Crippen LogP contribution in [0.3, 0.4) is 0 Å². The summed E-state index contributed by atoms with van der Waals surface area (Å²) in [4.78, 5) is 23.1. The molecule has 7 heteroatoms. The van der Waals surface area contributed by atoms with Crippen molar-refractivity contribution >= 4 is 5.95 Å². The molecule has 1 aliphatic heterocycles. The maximum atomic E-state index is 12.9. The van der Waals surface area contributed by atoms with E-state index in [0.717, 1.165) is 5.56 Å². The van der Waals surface area contributed by atoms with Crippen LogP contribution in [0, 0.1) is 5.82 Å². The Hall–Kier alpha value is -3.22. The Morgan fingerprint density at radius 2 is 1.85 bits per heavy atom. The number of aromatic nitrogens is 3. The molecule has 3 heterocycles. The summed E-state index contributed by atoms with van der Waals surface area (Å²) in [6.45, 7) is 2.31. The van der Waals surface area contributed by atoms with Crippen LogP contribution in [0.2, 0.25) is 0 Å². The van der Waals surface area contributed by atoms with Gasteiger partial charge in [0.1, 0.15) is 18.2 Å². The molecule has 0 unspecified atom stereocenters. The fourth-order valence-corrected chi connectivity index (χ4v) is 2.95. The second-order valence-electron chi connectivity index (χ2n) is 5.96. The van der Waals surface area contributed by atoms with E-state index in [1.165, 1.54) is 12.1 Å². The summed E-state index contributed by atoms with van der Waals surface area (Å²) in [7, 11) is 0. The molecule has 4 rings (SSSR count). The van der Waals surface area contributed by atoms with Gasteiger partial charge in [0, 0.05) is 37.1 Å². The van der Waals surface area contributed by atoms with E-state index in [1.54, 1.807) is 35.2 Å². The lowest BCUT2D eigenvalue weighted by Gasteiger charge is -2.18. The van der Waals surface area contributed by atoms with E-state index >= 15 is 0 Å². The normalized spacial score (nSPS) is 12.9. The van der Waals surface area contributed by atoms with Gasteiger partial charge in [-0.2, -0.15) is 0 Å². The van der Waals surface area contributed by atoms with Crippen molar-refractivity contribution in [3.8, 4) is 17.0 Å². The van der Waals surface area contributed by atoms with Crippen LogP contribution in [0.25, 0.3) is 11.3 Å². The molecule has 2 aromatic heterocycles. The lowest BCUT2D eigenvalue weighted by Crippen LogP contribution is -2.27. The molecule has 0 bridgehead atoms. The van der Waals surface area contributed by atoms with Crippen LogP contribution >= 0.6 is 0 Å². The molecule has 3 aromatic rings. The average Bonchev–Trinajstić information content (AvgIpc) is 3.08. The van der Waals surface area contributed by atoms with Crippen LogP contribution in [0.1, 0.15) is 0 Å². The van der Waals surface area contributed by atoms with Crippen molar-refractivity contribution in [2.75, 3.05) is 24.6 Å². The van der Waals surface area contributed by atoms with Crippen molar-refractivity contribution in [1.29, 1.82) is 0 Å². The van der Waals surface area contributed by atoms with Gasteiger partial charge < -0.3 is 9.64 Å². The maximum Gasteiger partial charge on any atom is 0.255 e. The van der Waals surface area contributed by atoms with Crippen molar-refractivity contribution in [2.45, 2.75) is 6.54 Å². The van der Waals surface area contributed by atoms with Gasteiger partial charge in [0.2, 0.25) is 5.95 Å². The fourth-order valence-electron chi connectivity index (χ4n) is 2.95. The summed E-state index contributed by atoms with van der Waals surface area (Å²) in [5, 5.41) is 0. The van der Waals surface area contributed by atoms with Gasteiger partial charge in [-0.05, 0) is 36.4 Å². The molecule has 0 spiro atoms. The maximum absolute atomic E-state index is 12.9. The Morgan fingerprint density at radius 3 is 2.62 bits per heavy atom. The van der Waals surface area contributed by atoms with E-state index < -0.39 is 0 Å². The minimum Gasteiger partial charge on any atom is -0.492 e. The van der Waals surface area contributed by atoms with E-state index in [4.69, 9.17) is 4.74 Å². The van der Waals surface area contributed by atoms with Crippen molar-refractivity contribution in [3.63, 3.8) is 0 Å². The zero-order valence-corrected chi connectivity index (χ0v) is 14.0. The molecule has 0 saturated carbocycles. The van der Waals surface area contributed by atoms with Crippen LogP contribution in [0.5, 0.6) is 5.75 Å². The Morgan fingerprint density at radius 1 is 1.08 bits per heavy atom. The molecule has 0 fully saturated rings. The largest absolute Gasteiger partial charge is 0.492 e. The van der Waals surface area contributed by atoms with E-state index in [-0.39, 0.29) is 11.4 Å². The Balaban J connectivity index is 1.50. The van der Waals surface area contributed by atoms with Crippen LogP contribution in [-0.2, 0) is 6.54 Å². The van der Waals surface area contributed by atoms with Gasteiger partial charge >= 0.3 is 0 Å². The number of anilines is 1. The van der Waals surface area contributed by atoms with Gasteiger partial charge in [-0.15, -0.1) is 0 Å². The first-order valence-electron chi connectivity index (χ1n) is 8.36. The number of rotatable bonds is 5. The monoisotopic (exact) mass is 352 g/mol. The zero-order chi connectivity index (χ0) is 17.9. The first-order chi connectivity index (χ1) is 12.7. The molecule has 0 saturated heterocycles. The van der Waals surface area contributed by atoms with Crippen LogP contribution in [-0.4, -0.2) is 34.2 Å². The van der Waals surface area contributed by atoms with Crippen molar-refractivity contribution in [3.05, 3.63) is 71.0 Å². The Labute approximate surface area is 149 Å². The van der Waals surface area contributed by atoms with Gasteiger partial charge in [0.15, 0.2) is 0 Å². The molecule has 0 atom stereocenters. The number of fused-ring (bicyclic) bond motifs is 1. The summed E-state index contributed by atoms with van der Waals surface area (Å²) in [5.74, 6) is 0.964. The van der Waals surface area contributed by atoms with E-state index in [0.29, 0.717) is 43.6 Å². The predicted octanol–water partition coefficient (Wildman–Crippen LogP) is 2.34. The van der Waals surface area contributed by atoms with Gasteiger partial charge in [0.05, 0.1) is 12.2 Å². The smallest absolute Gasteiger partial charge is 0.255 e. The summed E-state index contributed by atoms with van der Waals surface area (Å²) in [5.41, 5.74) is 1.42. The predicted molar refractivity (Wildman–Crippen MR) is 95.8 cm³/mol. The minimum atomic E-state index is -0.293. The van der Waals surface area contributed by atoms with E-state index in [1.807, 2.05) is 17.0 Å². The second kappa shape index (κ2) is 6.95. The van der Waals surface area contributed by atoms with Crippen LogP contribution in [0.15, 0.2) is 59.7 Å². The van der Waals surface area contributed by atoms with Crippen LogP contribution in [0.4, 0.5) is 10.3 Å². The quantitative estimate of drug-likeness (QED) is 0.705. The molecule has 0 radical (unpaired) electrons. The number of halogens is 1. The SMILES string of the molecule is O=c1cc(-c2ccncc2)nc2n1CCN2CCOc1ccc(F)cc1. The summed E-state index contributed by atoms with van der Waals surface area (Å²) in [6.07, 6.45) is 3.35. The second-order valence-corrected chi connectivity index (χ2v) is 5.96. The number of pyridine rings is 1. The van der Waals surface area contributed by atoms with Gasteiger partial charge in [-0.1, -0.05) is 0 Å². The zero-order valence-electron chi connectivity index (χ0n) is 14.0. The molecule has 1 aliphatic rings. The highest BCUT2D eigenvalue weighted by Gasteiger charge is 2.22. The minimum absolute atomic E-state index is 0.0660. The van der Waals surface area contributed by atoms with Crippen molar-refractivity contribution in [2.24, 2.45) is 0 Å². The average molecular weight is 352 g/mol. The van der Waals surface area contributed by atoms with Crippen molar-refractivity contribution < 1.29 is 9.13 Å². The molecule has 132 valence electrons. The molecule has 26 heavy (non-hydrogen) atoms. The van der Waals surface area contributed by atoms with E-state index in [2.05, 4.69) is 9.97 Å². The number of benzene rings is 1. The van der Waals surface area contributed by atoms with Crippen molar-refractivity contribution in [1.82, 2.24) is 14.5 Å². The number of hydrogen-bond donors (Lipinski definition) is 0. The number of ether oxygens (including phenoxy) is 1. The molecular formula is C19H17FN4O2.